The van der Waals surface area contributed by atoms with Gasteiger partial charge in [0.05, 0.1) is 22.8 Å². The normalized spacial score (nSPS) is 11.5. The predicted octanol–water partition coefficient (Wildman–Crippen LogP) is 9.39. The Balaban J connectivity index is 0.00000642. The Hall–Kier alpha value is -8.12. The molecule has 0 atom stereocenters. The van der Waals surface area contributed by atoms with Gasteiger partial charge in [-0.1, -0.05) is 72.8 Å². The molecule has 0 aliphatic carbocycles. The zero-order chi connectivity index (χ0) is 48.0. The summed E-state index contributed by atoms with van der Waals surface area (Å²) in [6, 6.07) is 37.7. The molecule has 2 aliphatic heterocycles. The Labute approximate surface area is 411 Å². The van der Waals surface area contributed by atoms with Gasteiger partial charge in [-0.2, -0.15) is 0 Å². The van der Waals surface area contributed by atoms with Crippen LogP contribution in [0.3, 0.4) is 0 Å². The van der Waals surface area contributed by atoms with Crippen molar-refractivity contribution in [3.63, 3.8) is 0 Å². The predicted molar refractivity (Wildman–Crippen MR) is 271 cm³/mol. The third-order valence-corrected chi connectivity index (χ3v) is 11.9. The van der Waals surface area contributed by atoms with Gasteiger partial charge in [-0.25, -0.2) is 9.97 Å². The molecule has 3 aromatic heterocycles. The number of hydrogen-bond donors (Lipinski definition) is 0. The molecule has 7 aromatic rings. The SMILES string of the molecule is CN(C)C(=O)c1ccc(-c2c3nc(c(-c4ccc(C(=O)N(C)C)cc4)c4ccc([n-]4)c(-c4ccc(C(=O)N(C)C)cc4)c4nc(c(-c5ccc(C(=O)N(C)C)cc5)c5ccc2[n-]5)C=C4)C=C3)cc1.[Mn+2]. The van der Waals surface area contributed by atoms with Crippen LogP contribution in [-0.4, -0.2) is 110 Å². The van der Waals surface area contributed by atoms with Gasteiger partial charge in [-0.3, -0.25) is 19.2 Å². The van der Waals surface area contributed by atoms with Crippen LogP contribution in [0.4, 0.5) is 0 Å². The fourth-order valence-electron chi connectivity index (χ4n) is 8.42. The average Bonchev–Trinajstić information content (AvgIpc) is 4.20. The number of amides is 4. The van der Waals surface area contributed by atoms with Gasteiger partial charge in [0.2, 0.25) is 0 Å². The molecule has 2 aliphatic rings. The van der Waals surface area contributed by atoms with E-state index >= 15 is 0 Å². The van der Waals surface area contributed by atoms with Crippen molar-refractivity contribution >= 4 is 70.0 Å². The fraction of sp³-hybridized carbons (Fsp3) is 0.143. The summed E-state index contributed by atoms with van der Waals surface area (Å²) in [6.45, 7) is 0. The molecule has 0 fully saturated rings. The van der Waals surface area contributed by atoms with E-state index in [0.717, 1.165) is 44.5 Å². The van der Waals surface area contributed by atoms with E-state index in [1.54, 1.807) is 76.0 Å². The van der Waals surface area contributed by atoms with Gasteiger partial charge in [-0.15, -0.1) is 22.1 Å². The number of aromatic nitrogens is 4. The van der Waals surface area contributed by atoms with E-state index in [9.17, 15) is 19.2 Å². The molecule has 8 bridgehead atoms. The van der Waals surface area contributed by atoms with Gasteiger partial charge in [-0.05, 0) is 117 Å². The van der Waals surface area contributed by atoms with Crippen LogP contribution in [0.25, 0.3) is 90.9 Å². The summed E-state index contributed by atoms with van der Waals surface area (Å²) >= 11 is 0. The van der Waals surface area contributed by atoms with Crippen LogP contribution < -0.4 is 9.97 Å². The molecule has 9 rings (SSSR count). The van der Waals surface area contributed by atoms with Crippen molar-refractivity contribution in [2.24, 2.45) is 0 Å². The van der Waals surface area contributed by atoms with Crippen LogP contribution in [0.2, 0.25) is 0 Å². The summed E-state index contributed by atoms with van der Waals surface area (Å²) in [4.78, 5) is 79.6. The second-order valence-electron chi connectivity index (χ2n) is 17.5. The van der Waals surface area contributed by atoms with Crippen molar-refractivity contribution in [2.45, 2.75) is 0 Å². The number of hydrogen-bond acceptors (Lipinski definition) is 6. The molecular formula is C56H48MnN8O4. The van der Waals surface area contributed by atoms with Crippen LogP contribution in [0.15, 0.2) is 121 Å². The van der Waals surface area contributed by atoms with Crippen LogP contribution in [0, 0.1) is 0 Å². The van der Waals surface area contributed by atoms with Gasteiger partial charge < -0.3 is 29.6 Å². The monoisotopic (exact) mass is 951 g/mol. The van der Waals surface area contributed by atoms with E-state index in [0.29, 0.717) is 67.1 Å². The first-order chi connectivity index (χ1) is 32.7. The van der Waals surface area contributed by atoms with E-state index in [2.05, 4.69) is 0 Å². The topological polar surface area (TPSA) is 135 Å². The van der Waals surface area contributed by atoms with Crippen molar-refractivity contribution in [1.29, 1.82) is 0 Å². The summed E-state index contributed by atoms with van der Waals surface area (Å²) in [5.74, 6) is -0.455. The Bertz CT molecular complexity index is 2950. The second kappa shape index (κ2) is 19.2. The van der Waals surface area contributed by atoms with Crippen molar-refractivity contribution in [3.05, 3.63) is 166 Å². The molecule has 13 heteroatoms. The minimum atomic E-state index is -0.114. The summed E-state index contributed by atoms with van der Waals surface area (Å²) in [7, 11) is 13.8. The molecule has 5 heterocycles. The van der Waals surface area contributed by atoms with E-state index in [1.807, 2.05) is 146 Å². The third-order valence-electron chi connectivity index (χ3n) is 11.9. The van der Waals surface area contributed by atoms with Gasteiger partial charge in [0.25, 0.3) is 23.6 Å². The summed E-state index contributed by atoms with van der Waals surface area (Å²) in [5, 5.41) is 0. The van der Waals surface area contributed by atoms with Crippen LogP contribution >= 0.6 is 0 Å². The number of carbonyl (C=O) groups is 4. The average molecular weight is 952 g/mol. The van der Waals surface area contributed by atoms with E-state index in [-0.39, 0.29) is 40.7 Å². The van der Waals surface area contributed by atoms with Crippen molar-refractivity contribution in [2.75, 3.05) is 56.4 Å². The first kappa shape index (κ1) is 47.4. The zero-order valence-electron chi connectivity index (χ0n) is 39.4. The second-order valence-corrected chi connectivity index (χ2v) is 17.5. The summed E-state index contributed by atoms with van der Waals surface area (Å²) in [5.41, 5.74) is 13.5. The Kier molecular flexibility index (Phi) is 13.2. The van der Waals surface area contributed by atoms with Gasteiger partial charge in [0.1, 0.15) is 0 Å². The molecule has 0 spiro atoms. The Morgan fingerprint density at radius 1 is 0.319 bits per heavy atom. The van der Waals surface area contributed by atoms with Crippen LogP contribution in [-0.2, 0) is 17.1 Å². The van der Waals surface area contributed by atoms with E-state index < -0.39 is 0 Å². The molecule has 4 amide bonds. The quantitative estimate of drug-likeness (QED) is 0.138. The number of rotatable bonds is 8. The van der Waals surface area contributed by atoms with Crippen molar-refractivity contribution in [3.8, 4) is 44.5 Å². The largest absolute Gasteiger partial charge is 2.00 e. The first-order valence-electron chi connectivity index (χ1n) is 22.0. The van der Waals surface area contributed by atoms with Gasteiger partial charge in [0, 0.05) is 78.6 Å². The fourth-order valence-corrected chi connectivity index (χ4v) is 8.42. The molecule has 0 unspecified atom stereocenters. The van der Waals surface area contributed by atoms with Crippen molar-refractivity contribution in [1.82, 2.24) is 39.5 Å². The minimum absolute atomic E-state index is 0. The van der Waals surface area contributed by atoms with Crippen molar-refractivity contribution < 1.29 is 36.2 Å². The molecule has 1 radical (unpaired) electrons. The van der Waals surface area contributed by atoms with Gasteiger partial charge in [0.15, 0.2) is 0 Å². The minimum Gasteiger partial charge on any atom is -0.657 e. The molecule has 343 valence electrons. The maximum atomic E-state index is 13.0. The Morgan fingerprint density at radius 3 is 0.681 bits per heavy atom. The molecule has 0 saturated heterocycles. The molecule has 0 saturated carbocycles. The number of nitrogens with zero attached hydrogens (tertiary/aromatic N) is 8. The van der Waals surface area contributed by atoms with Gasteiger partial charge >= 0.3 is 17.1 Å². The van der Waals surface area contributed by atoms with Crippen LogP contribution in [0.5, 0.6) is 0 Å². The smallest absolute Gasteiger partial charge is 0.657 e. The number of benzene rings is 4. The number of fused-ring (bicyclic) bond motifs is 8. The maximum Gasteiger partial charge on any atom is 2.00 e. The standard InChI is InChI=1S/C56H49N8O4.Mn/c1-61(2)53(65)37-17-9-33(10-18-37)49-41-25-27-43(57-41)50(34-11-19-38(20-12-34)54(66)62(3)4)45-29-31-47(59-45)52(36-15-23-40(24-16-36)56(68)64(7)8)48-32-30-46(60-48)51(44-28-26-42(49)58-44)35-13-21-39(22-14-35)55(67)63(5)6;/h9-32H,1-8H3,(H-,57,58,59,60,65,66,67,68);/q-1;+2/p-1. The summed E-state index contributed by atoms with van der Waals surface area (Å²) < 4.78 is 0. The van der Waals surface area contributed by atoms with Crippen LogP contribution in [0.1, 0.15) is 64.2 Å². The molecule has 0 N–H and O–H groups in total. The Morgan fingerprint density at radius 2 is 0.507 bits per heavy atom. The first-order valence-corrected chi connectivity index (χ1v) is 22.0. The summed E-state index contributed by atoms with van der Waals surface area (Å²) in [6.07, 6.45) is 7.86. The number of carbonyl (C=O) groups excluding carboxylic acids is 4. The van der Waals surface area contributed by atoms with E-state index in [1.165, 1.54) is 0 Å². The third kappa shape index (κ3) is 9.17. The molecular weight excluding hydrogens is 904 g/mol. The molecule has 69 heavy (non-hydrogen) atoms. The molecule has 4 aromatic carbocycles. The molecule has 12 nitrogen and oxygen atoms in total. The maximum absolute atomic E-state index is 13.0. The van der Waals surface area contributed by atoms with E-state index in [4.69, 9.17) is 19.9 Å². The zero-order valence-corrected chi connectivity index (χ0v) is 40.6.